The van der Waals surface area contributed by atoms with Gasteiger partial charge >= 0.3 is 0 Å². The van der Waals surface area contributed by atoms with Crippen molar-refractivity contribution in [2.75, 3.05) is 7.05 Å². The van der Waals surface area contributed by atoms with Crippen molar-refractivity contribution in [3.63, 3.8) is 0 Å². The van der Waals surface area contributed by atoms with Gasteiger partial charge in [0.15, 0.2) is 11.6 Å². The molecule has 0 bridgehead atoms. The number of fused-ring (bicyclic) bond motifs is 1. The minimum Gasteiger partial charge on any atom is -0.348 e. The van der Waals surface area contributed by atoms with Crippen molar-refractivity contribution in [1.82, 2.24) is 19.6 Å². The maximum Gasteiger partial charge on any atom is 0.246 e. The fourth-order valence-corrected chi connectivity index (χ4v) is 4.22. The van der Waals surface area contributed by atoms with Gasteiger partial charge in [0.1, 0.15) is 0 Å². The molecule has 2 heterocycles. The number of nitrogens with zero attached hydrogens (tertiary/aromatic N) is 4. The zero-order valence-electron chi connectivity index (χ0n) is 18.6. The van der Waals surface area contributed by atoms with E-state index in [1.165, 1.54) is 0 Å². The van der Waals surface area contributed by atoms with E-state index < -0.39 is 0 Å². The smallest absolute Gasteiger partial charge is 0.246 e. The summed E-state index contributed by atoms with van der Waals surface area (Å²) in [6.07, 6.45) is 1.57. The number of likely N-dealkylation sites (N-methyl/N-ethyl adjacent to an activating group) is 1. The van der Waals surface area contributed by atoms with Gasteiger partial charge in [0.2, 0.25) is 11.8 Å². The summed E-state index contributed by atoms with van der Waals surface area (Å²) >= 11 is 0. The topological polar surface area (TPSA) is 81.2 Å². The van der Waals surface area contributed by atoms with E-state index in [0.29, 0.717) is 24.1 Å². The minimum atomic E-state index is -0.0638. The molecule has 0 spiro atoms. The second-order valence-corrected chi connectivity index (χ2v) is 9.49. The lowest BCUT2D eigenvalue weighted by molar-refractivity contribution is -0.130. The average Bonchev–Trinajstić information content (AvgIpc) is 3.10. The predicted molar refractivity (Wildman–Crippen MR) is 110 cm³/mol. The molecule has 0 saturated carbocycles. The van der Waals surface area contributed by atoms with Gasteiger partial charge in [-0.15, -0.1) is 0 Å². The Kier molecular flexibility index (Phi) is 5.70. The molecule has 0 fully saturated rings. The highest BCUT2D eigenvalue weighted by Crippen LogP contribution is 2.39. The van der Waals surface area contributed by atoms with Crippen LogP contribution >= 0.6 is 0 Å². The molecule has 0 unspecified atom stereocenters. The van der Waals surface area contributed by atoms with Crippen LogP contribution in [0.5, 0.6) is 0 Å². The van der Waals surface area contributed by atoms with Crippen LogP contribution in [0.1, 0.15) is 73.1 Å². The van der Waals surface area contributed by atoms with Crippen LogP contribution in [0, 0.1) is 25.2 Å². The molecule has 7 heteroatoms. The van der Waals surface area contributed by atoms with Crippen molar-refractivity contribution in [1.29, 1.82) is 0 Å². The Hall–Kier alpha value is -2.44. The van der Waals surface area contributed by atoms with E-state index in [9.17, 15) is 9.59 Å². The summed E-state index contributed by atoms with van der Waals surface area (Å²) in [5, 5.41) is 3.77. The fourth-order valence-electron chi connectivity index (χ4n) is 4.22. The quantitative estimate of drug-likeness (QED) is 0.741. The van der Waals surface area contributed by atoms with Crippen LogP contribution < -0.4 is 0 Å². The molecule has 2 aromatic heterocycles. The molecule has 0 aromatic carbocycles. The van der Waals surface area contributed by atoms with Gasteiger partial charge in [-0.3, -0.25) is 9.59 Å². The zero-order valence-corrected chi connectivity index (χ0v) is 18.6. The lowest BCUT2D eigenvalue weighted by Crippen LogP contribution is -2.30. The van der Waals surface area contributed by atoms with Crippen LogP contribution in [0.4, 0.5) is 0 Å². The lowest BCUT2D eigenvalue weighted by Gasteiger charge is -2.30. The van der Waals surface area contributed by atoms with E-state index >= 15 is 0 Å². The van der Waals surface area contributed by atoms with Gasteiger partial charge in [0.25, 0.3) is 0 Å². The number of carbonyl (C=O) groups excluding carboxylic acids is 2. The van der Waals surface area contributed by atoms with E-state index in [-0.39, 0.29) is 30.1 Å². The Morgan fingerprint density at radius 3 is 2.55 bits per heavy atom. The summed E-state index contributed by atoms with van der Waals surface area (Å²) in [6, 6.07) is 0. The van der Waals surface area contributed by atoms with Crippen molar-refractivity contribution < 1.29 is 14.1 Å². The van der Waals surface area contributed by atoms with Crippen molar-refractivity contribution in [3.8, 4) is 0 Å². The minimum absolute atomic E-state index is 0.0580. The van der Waals surface area contributed by atoms with E-state index in [4.69, 9.17) is 4.52 Å². The fraction of sp³-hybridized carbons (Fsp3) is 0.636. The second kappa shape index (κ2) is 7.76. The first-order valence-corrected chi connectivity index (χ1v) is 10.3. The summed E-state index contributed by atoms with van der Waals surface area (Å²) < 4.78 is 7.39. The average molecular weight is 401 g/mol. The van der Waals surface area contributed by atoms with Crippen molar-refractivity contribution >= 4 is 11.7 Å². The highest BCUT2D eigenvalue weighted by Gasteiger charge is 2.37. The molecule has 2 aromatic rings. The highest BCUT2D eigenvalue weighted by molar-refractivity contribution is 6.01. The second-order valence-electron chi connectivity index (χ2n) is 9.49. The Balaban J connectivity index is 1.91. The lowest BCUT2D eigenvalue weighted by atomic mass is 9.75. The number of hydrogen-bond acceptors (Lipinski definition) is 5. The molecule has 0 N–H and O–H groups in total. The van der Waals surface area contributed by atoms with Gasteiger partial charge in [-0.1, -0.05) is 32.9 Å². The Labute approximate surface area is 172 Å². The third-order valence-electron chi connectivity index (χ3n) is 5.57. The third-order valence-corrected chi connectivity index (χ3v) is 5.57. The van der Waals surface area contributed by atoms with Crippen LogP contribution in [0.25, 0.3) is 0 Å². The van der Waals surface area contributed by atoms with Gasteiger partial charge in [0.05, 0.1) is 13.0 Å². The van der Waals surface area contributed by atoms with E-state index in [2.05, 4.69) is 42.4 Å². The first-order valence-electron chi connectivity index (χ1n) is 10.3. The normalized spacial score (nSPS) is 15.7. The molecule has 0 aliphatic heterocycles. The third kappa shape index (κ3) is 4.43. The molecule has 0 atom stereocenters. The summed E-state index contributed by atoms with van der Waals surface area (Å²) in [7, 11) is 1.72. The van der Waals surface area contributed by atoms with Crippen LogP contribution in [-0.4, -0.2) is 38.3 Å². The number of ketones is 1. The number of Topliss-reactive ketones (excluding diaryl/α,β-unsaturated/α-hetero) is 1. The maximum atomic E-state index is 13.0. The van der Waals surface area contributed by atoms with Gasteiger partial charge in [-0.25, -0.2) is 0 Å². The van der Waals surface area contributed by atoms with Crippen molar-refractivity contribution in [3.05, 3.63) is 34.2 Å². The van der Waals surface area contributed by atoms with Crippen LogP contribution in [0.2, 0.25) is 0 Å². The summed E-state index contributed by atoms with van der Waals surface area (Å²) in [5.74, 6) is 1.50. The molecule has 29 heavy (non-hydrogen) atoms. The van der Waals surface area contributed by atoms with Gasteiger partial charge in [-0.05, 0) is 37.2 Å². The molecule has 7 nitrogen and oxygen atoms in total. The Morgan fingerprint density at radius 2 is 1.97 bits per heavy atom. The van der Waals surface area contributed by atoms with Crippen LogP contribution in [-0.2, 0) is 30.7 Å². The van der Waals surface area contributed by atoms with E-state index in [1.807, 2.05) is 6.92 Å². The van der Waals surface area contributed by atoms with Crippen molar-refractivity contribution in [2.24, 2.45) is 11.3 Å². The monoisotopic (exact) mass is 400 g/mol. The van der Waals surface area contributed by atoms with E-state index in [1.54, 1.807) is 18.9 Å². The molecule has 1 aliphatic rings. The summed E-state index contributed by atoms with van der Waals surface area (Å²) in [5.41, 5.74) is 3.72. The zero-order chi connectivity index (χ0) is 21.5. The largest absolute Gasteiger partial charge is 0.348 e. The molecular formula is C22H32N4O3. The standard InChI is InChI=1S/C22H32N4O3/c1-13(2)11-26-14(3)16(21-17(26)9-22(5,6)10-18(21)27)8-20(28)25(7)12-19-23-15(4)24-29-19/h13H,8-12H2,1-7H3. The van der Waals surface area contributed by atoms with Crippen LogP contribution in [0.3, 0.4) is 0 Å². The Bertz CT molecular complexity index is 936. The number of hydrogen-bond donors (Lipinski definition) is 0. The molecule has 158 valence electrons. The number of rotatable bonds is 6. The molecule has 1 aliphatic carbocycles. The van der Waals surface area contributed by atoms with Crippen molar-refractivity contribution in [2.45, 2.75) is 73.9 Å². The summed E-state index contributed by atoms with van der Waals surface area (Å²) in [4.78, 5) is 31.7. The van der Waals surface area contributed by atoms with Gasteiger partial charge in [-0.2, -0.15) is 4.98 Å². The SMILES string of the molecule is Cc1noc(CN(C)C(=O)Cc2c3c(n(CC(C)C)c2C)CC(C)(C)CC3=O)n1. The molecule has 0 saturated heterocycles. The number of aryl methyl sites for hydroxylation is 1. The number of carbonyl (C=O) groups is 2. The molecule has 1 amide bonds. The first kappa shape index (κ1) is 21.3. The maximum absolute atomic E-state index is 13.0. The van der Waals surface area contributed by atoms with Gasteiger partial charge < -0.3 is 14.0 Å². The number of aromatic nitrogens is 3. The summed E-state index contributed by atoms with van der Waals surface area (Å²) in [6.45, 7) is 13.5. The van der Waals surface area contributed by atoms with Crippen LogP contribution in [0.15, 0.2) is 4.52 Å². The van der Waals surface area contributed by atoms with E-state index in [0.717, 1.165) is 35.5 Å². The molecule has 3 rings (SSSR count). The Morgan fingerprint density at radius 1 is 1.28 bits per heavy atom. The highest BCUT2D eigenvalue weighted by atomic mass is 16.5. The molecular weight excluding hydrogens is 368 g/mol. The predicted octanol–water partition coefficient (Wildman–Crippen LogP) is 3.50. The molecule has 0 radical (unpaired) electrons. The van der Waals surface area contributed by atoms with Gasteiger partial charge in [0, 0.05) is 37.0 Å². The first-order chi connectivity index (χ1) is 13.5. The number of amides is 1.